The second kappa shape index (κ2) is 4.52. The largest absolute Gasteiger partial charge is 0.302 e. The van der Waals surface area contributed by atoms with Crippen LogP contribution in [0.2, 0.25) is 0 Å². The van der Waals surface area contributed by atoms with Crippen LogP contribution in [0.5, 0.6) is 0 Å². The zero-order chi connectivity index (χ0) is 9.03. The van der Waals surface area contributed by atoms with Gasteiger partial charge in [-0.1, -0.05) is 20.3 Å². The number of hydrogen-bond donors (Lipinski definition) is 1. The van der Waals surface area contributed by atoms with Gasteiger partial charge in [-0.2, -0.15) is 12.6 Å². The van der Waals surface area contributed by atoms with Gasteiger partial charge in [0.05, 0.1) is 0 Å². The Bertz CT molecular complexity index is 128. The van der Waals surface area contributed by atoms with Gasteiger partial charge in [0.2, 0.25) is 0 Å². The van der Waals surface area contributed by atoms with Crippen molar-refractivity contribution in [3.8, 4) is 0 Å². The molecule has 72 valence electrons. The lowest BCUT2D eigenvalue weighted by Crippen LogP contribution is -2.39. The highest BCUT2D eigenvalue weighted by molar-refractivity contribution is 7.80. The van der Waals surface area contributed by atoms with E-state index in [0.717, 1.165) is 5.75 Å². The molecule has 1 fully saturated rings. The van der Waals surface area contributed by atoms with Gasteiger partial charge in [0.1, 0.15) is 0 Å². The summed E-state index contributed by atoms with van der Waals surface area (Å²) in [5.74, 6) is 1.00. The predicted molar refractivity (Wildman–Crippen MR) is 57.9 cm³/mol. The predicted octanol–water partition coefficient (Wildman–Crippen LogP) is 2.43. The molecule has 0 spiro atoms. The average molecular weight is 187 g/mol. The van der Waals surface area contributed by atoms with Crippen LogP contribution in [0.15, 0.2) is 0 Å². The van der Waals surface area contributed by atoms with Crippen LogP contribution in [0.4, 0.5) is 0 Å². The first kappa shape index (κ1) is 10.4. The van der Waals surface area contributed by atoms with Crippen LogP contribution in [-0.4, -0.2) is 30.3 Å². The maximum absolute atomic E-state index is 4.26. The molecule has 0 aromatic carbocycles. The van der Waals surface area contributed by atoms with E-state index in [1.165, 1.54) is 38.9 Å². The normalized spacial score (nSPS) is 24.2. The van der Waals surface area contributed by atoms with E-state index >= 15 is 0 Å². The first-order valence-electron chi connectivity index (χ1n) is 5.03. The number of nitrogens with zero attached hydrogens (tertiary/aromatic N) is 1. The molecule has 1 aliphatic rings. The molecule has 0 saturated carbocycles. The molecule has 1 aliphatic heterocycles. The average Bonchev–Trinajstić information content (AvgIpc) is 2.10. The molecular weight excluding hydrogens is 166 g/mol. The molecule has 1 rings (SSSR count). The van der Waals surface area contributed by atoms with E-state index in [2.05, 4.69) is 31.4 Å². The Kier molecular flexibility index (Phi) is 3.91. The molecule has 1 saturated heterocycles. The molecule has 0 unspecified atom stereocenters. The van der Waals surface area contributed by atoms with E-state index in [1.807, 2.05) is 0 Å². The van der Waals surface area contributed by atoms with Crippen LogP contribution in [0.1, 0.15) is 33.1 Å². The summed E-state index contributed by atoms with van der Waals surface area (Å²) in [6, 6.07) is 0. The van der Waals surface area contributed by atoms with Crippen LogP contribution < -0.4 is 0 Å². The minimum absolute atomic E-state index is 0.632. The smallest absolute Gasteiger partial charge is 0.00698 e. The Hall–Kier alpha value is 0.310. The first-order valence-corrected chi connectivity index (χ1v) is 5.67. The van der Waals surface area contributed by atoms with Crippen molar-refractivity contribution < 1.29 is 0 Å². The van der Waals surface area contributed by atoms with Gasteiger partial charge in [0.15, 0.2) is 0 Å². The van der Waals surface area contributed by atoms with E-state index in [1.54, 1.807) is 0 Å². The van der Waals surface area contributed by atoms with Gasteiger partial charge < -0.3 is 4.90 Å². The van der Waals surface area contributed by atoms with Crippen molar-refractivity contribution in [2.24, 2.45) is 5.41 Å². The van der Waals surface area contributed by atoms with Crippen molar-refractivity contribution in [2.45, 2.75) is 33.1 Å². The molecule has 2 heteroatoms. The van der Waals surface area contributed by atoms with E-state index in [-0.39, 0.29) is 0 Å². The fraction of sp³-hybridized carbons (Fsp3) is 1.00. The second-order valence-electron chi connectivity index (χ2n) is 4.23. The quantitative estimate of drug-likeness (QED) is 0.664. The summed E-state index contributed by atoms with van der Waals surface area (Å²) in [7, 11) is 0. The highest BCUT2D eigenvalue weighted by atomic mass is 32.1. The molecule has 0 aliphatic carbocycles. The van der Waals surface area contributed by atoms with Crippen molar-refractivity contribution in [3.63, 3.8) is 0 Å². The maximum Gasteiger partial charge on any atom is 0.00698 e. The third-order valence-corrected chi connectivity index (χ3v) is 3.53. The zero-order valence-electron chi connectivity index (χ0n) is 8.34. The number of likely N-dealkylation sites (tertiary alicyclic amines) is 1. The summed E-state index contributed by atoms with van der Waals surface area (Å²) in [5.41, 5.74) is 0.632. The van der Waals surface area contributed by atoms with Crippen LogP contribution in [0, 0.1) is 5.41 Å². The molecule has 0 aromatic rings. The zero-order valence-corrected chi connectivity index (χ0v) is 9.24. The summed E-state index contributed by atoms with van der Waals surface area (Å²) < 4.78 is 0. The molecule has 0 bridgehead atoms. The molecule has 1 nitrogen and oxygen atoms in total. The molecule has 0 atom stereocenters. The van der Waals surface area contributed by atoms with Crippen molar-refractivity contribution in [1.29, 1.82) is 0 Å². The van der Waals surface area contributed by atoms with Crippen molar-refractivity contribution in [2.75, 3.05) is 25.4 Å². The highest BCUT2D eigenvalue weighted by Crippen LogP contribution is 2.33. The van der Waals surface area contributed by atoms with Crippen molar-refractivity contribution >= 4 is 12.6 Å². The molecule has 0 aromatic heterocycles. The topological polar surface area (TPSA) is 3.24 Å². The van der Waals surface area contributed by atoms with E-state index in [4.69, 9.17) is 0 Å². The lowest BCUT2D eigenvalue weighted by molar-refractivity contribution is 0.120. The summed E-state index contributed by atoms with van der Waals surface area (Å²) in [6.45, 7) is 8.47. The van der Waals surface area contributed by atoms with Gasteiger partial charge in [-0.05, 0) is 31.3 Å². The highest BCUT2D eigenvalue weighted by Gasteiger charge is 2.27. The molecule has 0 N–H and O–H groups in total. The third-order valence-electron chi connectivity index (χ3n) is 3.33. The molecular formula is C10H21NS. The Morgan fingerprint density at radius 1 is 1.33 bits per heavy atom. The minimum atomic E-state index is 0.632. The van der Waals surface area contributed by atoms with Crippen LogP contribution in [-0.2, 0) is 0 Å². The molecule has 12 heavy (non-hydrogen) atoms. The van der Waals surface area contributed by atoms with Gasteiger partial charge in [-0.3, -0.25) is 0 Å². The summed E-state index contributed by atoms with van der Waals surface area (Å²) in [6.07, 6.45) is 4.08. The molecule has 1 heterocycles. The maximum atomic E-state index is 4.26. The number of piperidine rings is 1. The minimum Gasteiger partial charge on any atom is -0.302 e. The lowest BCUT2D eigenvalue weighted by Gasteiger charge is -2.38. The first-order chi connectivity index (χ1) is 5.70. The Balaban J connectivity index is 2.29. The Labute approximate surface area is 81.9 Å². The van der Waals surface area contributed by atoms with Gasteiger partial charge in [0, 0.05) is 12.3 Å². The van der Waals surface area contributed by atoms with Gasteiger partial charge >= 0.3 is 0 Å². The Morgan fingerprint density at radius 3 is 2.33 bits per heavy atom. The molecule has 0 amide bonds. The van der Waals surface area contributed by atoms with Gasteiger partial charge in [-0.15, -0.1) is 0 Å². The summed E-state index contributed by atoms with van der Waals surface area (Å²) >= 11 is 4.26. The monoisotopic (exact) mass is 187 g/mol. The number of hydrogen-bond acceptors (Lipinski definition) is 2. The fourth-order valence-corrected chi connectivity index (χ4v) is 2.09. The molecule has 0 radical (unpaired) electrons. The summed E-state index contributed by atoms with van der Waals surface area (Å²) in [4.78, 5) is 2.53. The standard InChI is InChI=1S/C10H21NS/c1-3-10(2)4-6-11(7-5-10)8-9-12/h12H,3-9H2,1-2H3. The van der Waals surface area contributed by atoms with Crippen molar-refractivity contribution in [3.05, 3.63) is 0 Å². The number of thiol groups is 1. The van der Waals surface area contributed by atoms with E-state index in [0.29, 0.717) is 5.41 Å². The van der Waals surface area contributed by atoms with E-state index in [9.17, 15) is 0 Å². The third kappa shape index (κ3) is 2.67. The van der Waals surface area contributed by atoms with Crippen molar-refractivity contribution in [1.82, 2.24) is 4.90 Å². The summed E-state index contributed by atoms with van der Waals surface area (Å²) in [5, 5.41) is 0. The van der Waals surface area contributed by atoms with Crippen LogP contribution >= 0.6 is 12.6 Å². The SMILES string of the molecule is CCC1(C)CCN(CCS)CC1. The van der Waals surface area contributed by atoms with Crippen LogP contribution in [0.3, 0.4) is 0 Å². The van der Waals surface area contributed by atoms with Crippen LogP contribution in [0.25, 0.3) is 0 Å². The van der Waals surface area contributed by atoms with E-state index < -0.39 is 0 Å². The Morgan fingerprint density at radius 2 is 1.92 bits per heavy atom. The lowest BCUT2D eigenvalue weighted by atomic mass is 9.78. The number of rotatable bonds is 3. The second-order valence-corrected chi connectivity index (χ2v) is 4.68. The fourth-order valence-electron chi connectivity index (χ4n) is 1.81. The van der Waals surface area contributed by atoms with Gasteiger partial charge in [-0.25, -0.2) is 0 Å². The van der Waals surface area contributed by atoms with Gasteiger partial charge in [0.25, 0.3) is 0 Å².